The van der Waals surface area contributed by atoms with Crippen LogP contribution in [0.2, 0.25) is 10.0 Å². The van der Waals surface area contributed by atoms with Gasteiger partial charge in [0.1, 0.15) is 5.56 Å². The van der Waals surface area contributed by atoms with Crippen molar-refractivity contribution in [1.29, 1.82) is 0 Å². The van der Waals surface area contributed by atoms with E-state index in [1.807, 2.05) is 6.92 Å². The van der Waals surface area contributed by atoms with Gasteiger partial charge in [0.05, 0.1) is 11.1 Å². The molecule has 18 heavy (non-hydrogen) atoms. The second-order valence-electron chi connectivity index (χ2n) is 3.78. The first kappa shape index (κ1) is 15.1. The van der Waals surface area contributed by atoms with Crippen molar-refractivity contribution < 1.29 is 19.4 Å². The molecule has 1 aromatic rings. The smallest absolute Gasteiger partial charge is 0.339 e. The molecule has 0 aliphatic heterocycles. The molecule has 0 aromatic heterocycles. The lowest BCUT2D eigenvalue weighted by Crippen LogP contribution is -2.16. The number of carboxylic acid groups (broad SMARTS) is 1. The van der Waals surface area contributed by atoms with Gasteiger partial charge in [0.15, 0.2) is 5.75 Å². The molecule has 0 bridgehead atoms. The summed E-state index contributed by atoms with van der Waals surface area (Å²) in [5.41, 5.74) is -0.0447. The Hall–Kier alpha value is -0.970. The predicted octanol–water partition coefficient (Wildman–Crippen LogP) is 3.50. The van der Waals surface area contributed by atoms with E-state index in [2.05, 4.69) is 0 Å². The fourth-order valence-corrected chi connectivity index (χ4v) is 1.92. The predicted molar refractivity (Wildman–Crippen MR) is 70.0 cm³/mol. The zero-order valence-electron chi connectivity index (χ0n) is 10.1. The van der Waals surface area contributed by atoms with Gasteiger partial charge in [-0.15, -0.1) is 0 Å². The number of carboxylic acids is 1. The molecular weight excluding hydrogens is 279 g/mol. The largest absolute Gasteiger partial charge is 0.488 e. The highest BCUT2D eigenvalue weighted by Crippen LogP contribution is 2.33. The van der Waals surface area contributed by atoms with Crippen LogP contribution in [0.3, 0.4) is 0 Å². The van der Waals surface area contributed by atoms with Crippen molar-refractivity contribution in [3.8, 4) is 5.75 Å². The summed E-state index contributed by atoms with van der Waals surface area (Å²) in [6, 6.07) is 2.77. The number of hydrogen-bond acceptors (Lipinski definition) is 3. The highest BCUT2D eigenvalue weighted by molar-refractivity contribution is 6.36. The number of halogens is 2. The third-order valence-corrected chi connectivity index (χ3v) is 2.79. The number of benzene rings is 1. The van der Waals surface area contributed by atoms with Crippen LogP contribution in [-0.2, 0) is 4.74 Å². The topological polar surface area (TPSA) is 55.8 Å². The first-order valence-electron chi connectivity index (χ1n) is 5.33. The fraction of sp³-hybridized carbons (Fsp3) is 0.417. The highest BCUT2D eigenvalue weighted by Gasteiger charge is 2.18. The van der Waals surface area contributed by atoms with E-state index in [0.29, 0.717) is 13.0 Å². The van der Waals surface area contributed by atoms with E-state index in [-0.39, 0.29) is 27.5 Å². The Morgan fingerprint density at radius 2 is 2.11 bits per heavy atom. The lowest BCUT2D eigenvalue weighted by Gasteiger charge is -2.17. The summed E-state index contributed by atoms with van der Waals surface area (Å²) in [7, 11) is 1.59. The third-order valence-electron chi connectivity index (χ3n) is 2.29. The van der Waals surface area contributed by atoms with Crippen LogP contribution in [0.15, 0.2) is 12.1 Å². The van der Waals surface area contributed by atoms with E-state index in [9.17, 15) is 4.79 Å². The van der Waals surface area contributed by atoms with Crippen LogP contribution in [0.5, 0.6) is 5.75 Å². The van der Waals surface area contributed by atoms with Crippen molar-refractivity contribution in [1.82, 2.24) is 0 Å². The van der Waals surface area contributed by atoms with Gasteiger partial charge in [0, 0.05) is 25.2 Å². The average molecular weight is 293 g/mol. The first-order chi connectivity index (χ1) is 8.45. The van der Waals surface area contributed by atoms with Gasteiger partial charge in [-0.05, 0) is 19.1 Å². The molecule has 0 fully saturated rings. The molecule has 0 amide bonds. The highest BCUT2D eigenvalue weighted by atomic mass is 35.5. The molecule has 1 N–H and O–H groups in total. The molecule has 1 rings (SSSR count). The van der Waals surface area contributed by atoms with E-state index in [0.717, 1.165) is 0 Å². The quantitative estimate of drug-likeness (QED) is 0.872. The molecule has 4 nitrogen and oxygen atoms in total. The van der Waals surface area contributed by atoms with Crippen LogP contribution in [-0.4, -0.2) is 30.9 Å². The third kappa shape index (κ3) is 4.05. The second-order valence-corrected chi connectivity index (χ2v) is 4.62. The maximum Gasteiger partial charge on any atom is 0.339 e. The molecule has 0 aliphatic carbocycles. The van der Waals surface area contributed by atoms with Gasteiger partial charge in [-0.25, -0.2) is 4.79 Å². The van der Waals surface area contributed by atoms with Crippen molar-refractivity contribution in [2.24, 2.45) is 0 Å². The summed E-state index contributed by atoms with van der Waals surface area (Å²) in [6.07, 6.45) is 0.427. The van der Waals surface area contributed by atoms with Crippen LogP contribution in [0.25, 0.3) is 0 Å². The second kappa shape index (κ2) is 6.83. The molecule has 1 aromatic carbocycles. The summed E-state index contributed by atoms with van der Waals surface area (Å²) < 4.78 is 10.5. The van der Waals surface area contributed by atoms with Gasteiger partial charge in [-0.1, -0.05) is 23.2 Å². The monoisotopic (exact) mass is 292 g/mol. The minimum Gasteiger partial charge on any atom is -0.488 e. The molecule has 0 saturated heterocycles. The number of rotatable bonds is 6. The van der Waals surface area contributed by atoms with Crippen LogP contribution in [0.4, 0.5) is 0 Å². The zero-order valence-corrected chi connectivity index (χ0v) is 11.6. The number of ether oxygens (including phenoxy) is 2. The van der Waals surface area contributed by atoms with Crippen molar-refractivity contribution in [3.63, 3.8) is 0 Å². The summed E-state index contributed by atoms with van der Waals surface area (Å²) >= 11 is 11.7. The molecule has 0 spiro atoms. The summed E-state index contributed by atoms with van der Waals surface area (Å²) in [4.78, 5) is 11.1. The summed E-state index contributed by atoms with van der Waals surface area (Å²) in [5.74, 6) is -0.995. The molecule has 0 heterocycles. The summed E-state index contributed by atoms with van der Waals surface area (Å²) in [6.45, 7) is 2.34. The molecule has 0 aliphatic rings. The van der Waals surface area contributed by atoms with E-state index < -0.39 is 5.97 Å². The number of methoxy groups -OCH3 is 1. The van der Waals surface area contributed by atoms with Gasteiger partial charge in [-0.3, -0.25) is 0 Å². The molecule has 100 valence electrons. The number of carbonyl (C=O) groups is 1. The molecule has 6 heteroatoms. The minimum absolute atomic E-state index is 0.0447. The molecule has 0 saturated carbocycles. The zero-order chi connectivity index (χ0) is 13.7. The molecule has 1 atom stereocenters. The van der Waals surface area contributed by atoms with Crippen molar-refractivity contribution >= 4 is 29.2 Å². The standard InChI is InChI=1S/C12H14Cl2O4/c1-7(3-4-17-2)18-11-9(12(15)16)5-8(13)6-10(11)14/h5-7H,3-4H2,1-2H3,(H,15,16). The SMILES string of the molecule is COCCC(C)Oc1c(Cl)cc(Cl)cc1C(=O)O. The number of hydrogen-bond donors (Lipinski definition) is 1. The normalized spacial score (nSPS) is 12.2. The molecule has 1 unspecified atom stereocenters. The maximum atomic E-state index is 11.1. The first-order valence-corrected chi connectivity index (χ1v) is 6.09. The van der Waals surface area contributed by atoms with Gasteiger partial charge in [-0.2, -0.15) is 0 Å². The van der Waals surface area contributed by atoms with Crippen LogP contribution in [0, 0.1) is 0 Å². The van der Waals surface area contributed by atoms with Crippen LogP contribution in [0.1, 0.15) is 23.7 Å². The van der Waals surface area contributed by atoms with Gasteiger partial charge in [0.2, 0.25) is 0 Å². The Morgan fingerprint density at radius 1 is 1.44 bits per heavy atom. The van der Waals surface area contributed by atoms with Crippen LogP contribution >= 0.6 is 23.2 Å². The lowest BCUT2D eigenvalue weighted by molar-refractivity contribution is 0.0687. The van der Waals surface area contributed by atoms with Crippen molar-refractivity contribution in [2.45, 2.75) is 19.4 Å². The Labute approximate surface area is 115 Å². The number of aromatic carboxylic acids is 1. The summed E-state index contributed by atoms with van der Waals surface area (Å²) in [5, 5.41) is 9.52. The fourth-order valence-electron chi connectivity index (χ4n) is 1.38. The van der Waals surface area contributed by atoms with E-state index >= 15 is 0 Å². The van der Waals surface area contributed by atoms with Gasteiger partial charge < -0.3 is 14.6 Å². The van der Waals surface area contributed by atoms with Gasteiger partial charge >= 0.3 is 5.97 Å². The van der Waals surface area contributed by atoms with E-state index in [1.54, 1.807) is 7.11 Å². The van der Waals surface area contributed by atoms with Crippen LogP contribution < -0.4 is 4.74 Å². The van der Waals surface area contributed by atoms with Crippen molar-refractivity contribution in [2.75, 3.05) is 13.7 Å². The Bertz CT molecular complexity index is 434. The van der Waals surface area contributed by atoms with Gasteiger partial charge in [0.25, 0.3) is 0 Å². The lowest BCUT2D eigenvalue weighted by atomic mass is 10.2. The maximum absolute atomic E-state index is 11.1. The average Bonchev–Trinajstić information content (AvgIpc) is 2.29. The Morgan fingerprint density at radius 3 is 2.67 bits per heavy atom. The Balaban J connectivity index is 2.96. The van der Waals surface area contributed by atoms with Crippen molar-refractivity contribution in [3.05, 3.63) is 27.7 Å². The van der Waals surface area contributed by atoms with E-state index in [1.165, 1.54) is 12.1 Å². The molecular formula is C12H14Cl2O4. The molecule has 0 radical (unpaired) electrons. The minimum atomic E-state index is -1.13. The Kier molecular flexibility index (Phi) is 5.72. The van der Waals surface area contributed by atoms with E-state index in [4.69, 9.17) is 37.8 Å².